The lowest BCUT2D eigenvalue weighted by Crippen LogP contribution is -2.53. The number of ketones is 3. The van der Waals surface area contributed by atoms with E-state index in [0.717, 1.165) is 0 Å². The summed E-state index contributed by atoms with van der Waals surface area (Å²) in [5, 5.41) is 35.6. The van der Waals surface area contributed by atoms with Gasteiger partial charge in [0.15, 0.2) is 23.0 Å². The van der Waals surface area contributed by atoms with Crippen molar-refractivity contribution in [1.82, 2.24) is 4.98 Å². The second-order valence-corrected chi connectivity index (χ2v) is 9.40. The van der Waals surface area contributed by atoms with Crippen molar-refractivity contribution >= 4 is 23.3 Å². The van der Waals surface area contributed by atoms with Gasteiger partial charge in [-0.2, -0.15) is 0 Å². The molecule has 0 unspecified atom stereocenters. The number of aromatic hydroxyl groups is 1. The van der Waals surface area contributed by atoms with E-state index in [-0.39, 0.29) is 47.3 Å². The molecule has 0 aliphatic heterocycles. The summed E-state index contributed by atoms with van der Waals surface area (Å²) >= 11 is 0. The molecule has 2 aromatic rings. The Labute approximate surface area is 209 Å². The van der Waals surface area contributed by atoms with E-state index < -0.39 is 64.1 Å². The maximum Gasteiger partial charge on any atom is 0.255 e. The predicted molar refractivity (Wildman–Crippen MR) is 126 cm³/mol. The van der Waals surface area contributed by atoms with Gasteiger partial charge in [0, 0.05) is 35.4 Å². The number of rotatable bonds is 5. The summed E-state index contributed by atoms with van der Waals surface area (Å²) in [4.78, 5) is 67.3. The van der Waals surface area contributed by atoms with E-state index in [0.29, 0.717) is 5.69 Å². The second-order valence-electron chi connectivity index (χ2n) is 9.40. The van der Waals surface area contributed by atoms with Crippen molar-refractivity contribution in [2.75, 3.05) is 0 Å². The van der Waals surface area contributed by atoms with Crippen LogP contribution >= 0.6 is 0 Å². The number of benzene rings is 1. The molecule has 0 bridgehead atoms. The van der Waals surface area contributed by atoms with Crippen LogP contribution in [-0.4, -0.2) is 49.2 Å². The number of aliphatic hydroxyl groups excluding tert-OH is 1. The molecule has 5 N–H and O–H groups in total. The maximum atomic E-state index is 13.7. The van der Waals surface area contributed by atoms with E-state index in [2.05, 4.69) is 10.2 Å². The van der Waals surface area contributed by atoms with E-state index in [9.17, 15) is 39.4 Å². The lowest BCUT2D eigenvalue weighted by Gasteiger charge is -2.46. The quantitative estimate of drug-likeness (QED) is 0.266. The Morgan fingerprint density at radius 1 is 1.14 bits per heavy atom. The lowest BCUT2D eigenvalue weighted by atomic mass is 9.60. The van der Waals surface area contributed by atoms with Crippen LogP contribution in [0.3, 0.4) is 0 Å². The smallest absolute Gasteiger partial charge is 0.255 e. The van der Waals surface area contributed by atoms with Gasteiger partial charge in [-0.3, -0.25) is 24.2 Å². The molecule has 37 heavy (non-hydrogen) atoms. The second kappa shape index (κ2) is 8.56. The van der Waals surface area contributed by atoms with Crippen LogP contribution in [0.25, 0.3) is 0 Å². The maximum absolute atomic E-state index is 13.7. The Kier molecular flexibility index (Phi) is 5.60. The van der Waals surface area contributed by atoms with E-state index in [1.165, 1.54) is 12.1 Å². The molecule has 0 radical (unpaired) electrons. The third kappa shape index (κ3) is 3.50. The zero-order valence-corrected chi connectivity index (χ0v) is 19.3. The van der Waals surface area contributed by atoms with Crippen LogP contribution in [0.5, 0.6) is 5.75 Å². The van der Waals surface area contributed by atoms with Crippen molar-refractivity contribution < 1.29 is 34.5 Å². The first-order valence-electron chi connectivity index (χ1n) is 11.5. The van der Waals surface area contributed by atoms with Crippen molar-refractivity contribution in [3.8, 4) is 5.75 Å². The van der Waals surface area contributed by atoms with Crippen LogP contribution in [0.2, 0.25) is 0 Å². The zero-order chi connectivity index (χ0) is 26.6. The highest BCUT2D eigenvalue weighted by Gasteiger charge is 2.59. The fraction of sp³-hybridized carbons (Fsp3) is 0.269. The average Bonchev–Trinajstić information content (AvgIpc) is 2.84. The molecule has 0 saturated carbocycles. The first-order chi connectivity index (χ1) is 17.6. The third-order valence-corrected chi connectivity index (χ3v) is 7.41. The van der Waals surface area contributed by atoms with Gasteiger partial charge in [-0.25, -0.2) is 0 Å². The van der Waals surface area contributed by atoms with Crippen molar-refractivity contribution in [3.63, 3.8) is 0 Å². The lowest BCUT2D eigenvalue weighted by molar-refractivity contribution is -0.126. The van der Waals surface area contributed by atoms with E-state index in [1.807, 2.05) is 0 Å². The normalized spacial score (nSPS) is 24.8. The third-order valence-electron chi connectivity index (χ3n) is 7.41. The van der Waals surface area contributed by atoms with E-state index in [4.69, 9.17) is 5.73 Å². The molecule has 11 nitrogen and oxygen atoms in total. The van der Waals surface area contributed by atoms with Crippen LogP contribution < -0.4 is 5.73 Å². The number of phenolic OH excluding ortho intramolecular Hbond substituents is 1. The standard InChI is InChI=1S/C26H21N3O8/c27-25(35)21-18(32)9-12-7-11-8-15-14(17(31)10-13-3-1-2-6-28-13)4-5-16(30)20(15)22(33)19(11)23(29-37)26(12,36)24(21)34/h1-6,11-12,30,34,36H,7-10H2,(H2,27,35)/t11-,12+,26+/m1/s1. The molecule has 1 aromatic heterocycles. The average molecular weight is 503 g/mol. The van der Waals surface area contributed by atoms with Gasteiger partial charge < -0.3 is 21.1 Å². The molecule has 1 amide bonds. The minimum atomic E-state index is -2.58. The summed E-state index contributed by atoms with van der Waals surface area (Å²) < 4.78 is 0. The van der Waals surface area contributed by atoms with Crippen LogP contribution in [0.15, 0.2) is 64.3 Å². The first kappa shape index (κ1) is 24.2. The van der Waals surface area contributed by atoms with E-state index >= 15 is 0 Å². The van der Waals surface area contributed by atoms with Crippen LogP contribution in [0.4, 0.5) is 0 Å². The van der Waals surface area contributed by atoms with Crippen LogP contribution in [0.1, 0.15) is 44.8 Å². The molecule has 1 aromatic carbocycles. The molecule has 0 saturated heterocycles. The highest BCUT2D eigenvalue weighted by molar-refractivity contribution is 6.20. The number of hydrogen-bond donors (Lipinski definition) is 4. The molecule has 11 heteroatoms. The molecule has 0 spiro atoms. The van der Waals surface area contributed by atoms with Crippen molar-refractivity contribution in [3.05, 3.63) is 86.4 Å². The number of amides is 1. The fourth-order valence-electron chi connectivity index (χ4n) is 5.77. The van der Waals surface area contributed by atoms with Crippen LogP contribution in [-0.2, 0) is 22.4 Å². The Morgan fingerprint density at radius 3 is 2.54 bits per heavy atom. The summed E-state index contributed by atoms with van der Waals surface area (Å²) in [7, 11) is 0. The Balaban J connectivity index is 1.66. The van der Waals surface area contributed by atoms with Gasteiger partial charge in [0.25, 0.3) is 5.91 Å². The molecular formula is C26H21N3O8. The Morgan fingerprint density at radius 2 is 1.89 bits per heavy atom. The van der Waals surface area contributed by atoms with Gasteiger partial charge in [-0.15, -0.1) is 4.91 Å². The number of aromatic nitrogens is 1. The molecule has 3 aliphatic carbocycles. The largest absolute Gasteiger partial charge is 0.508 e. The molecule has 1 heterocycles. The number of primary amides is 1. The molecule has 3 atom stereocenters. The number of pyridine rings is 1. The number of phenols is 1. The summed E-state index contributed by atoms with van der Waals surface area (Å²) in [6.45, 7) is 0. The number of aliphatic hydroxyl groups is 2. The first-order valence-corrected chi connectivity index (χ1v) is 11.5. The Hall–Kier alpha value is -4.51. The van der Waals surface area contributed by atoms with Gasteiger partial charge in [0.2, 0.25) is 0 Å². The number of carbonyl (C=O) groups is 4. The topological polar surface area (TPSA) is 197 Å². The molecule has 3 aliphatic rings. The monoisotopic (exact) mass is 503 g/mol. The summed E-state index contributed by atoms with van der Waals surface area (Å²) in [6.07, 6.45) is 1.06. The number of carbonyl (C=O) groups excluding carboxylic acids is 4. The van der Waals surface area contributed by atoms with Crippen LogP contribution in [0, 0.1) is 16.7 Å². The van der Waals surface area contributed by atoms with Crippen molar-refractivity contribution in [2.24, 2.45) is 22.7 Å². The number of nitrogens with two attached hydrogens (primary N) is 1. The number of nitrogens with zero attached hydrogens (tertiary/aromatic N) is 2. The molecule has 5 rings (SSSR count). The molecular weight excluding hydrogens is 482 g/mol. The van der Waals surface area contributed by atoms with Gasteiger partial charge in [-0.05, 0) is 53.8 Å². The molecule has 0 fully saturated rings. The highest BCUT2D eigenvalue weighted by atomic mass is 16.3. The Bertz CT molecular complexity index is 1480. The van der Waals surface area contributed by atoms with E-state index in [1.54, 1.807) is 24.4 Å². The number of fused-ring (bicyclic) bond motifs is 3. The fourth-order valence-corrected chi connectivity index (χ4v) is 5.77. The van der Waals surface area contributed by atoms with Gasteiger partial charge in [0.05, 0.1) is 12.0 Å². The number of Topliss-reactive ketones (excluding diaryl/α,β-unsaturated/α-hetero) is 3. The number of hydrogen-bond acceptors (Lipinski definition) is 10. The zero-order valence-electron chi connectivity index (χ0n) is 19.3. The summed E-state index contributed by atoms with van der Waals surface area (Å²) in [6, 6.07) is 7.73. The minimum Gasteiger partial charge on any atom is -0.508 e. The summed E-state index contributed by atoms with van der Waals surface area (Å²) in [5.74, 6) is -6.67. The highest BCUT2D eigenvalue weighted by Crippen LogP contribution is 2.53. The predicted octanol–water partition coefficient (Wildman–Crippen LogP) is 1.61. The molecule has 188 valence electrons. The van der Waals surface area contributed by atoms with Gasteiger partial charge in [-0.1, -0.05) is 6.07 Å². The van der Waals surface area contributed by atoms with Gasteiger partial charge >= 0.3 is 0 Å². The summed E-state index contributed by atoms with van der Waals surface area (Å²) in [5.41, 5.74) is 1.55. The van der Waals surface area contributed by atoms with Gasteiger partial charge in [0.1, 0.15) is 22.8 Å². The number of nitroso groups, excluding NO2 is 1. The van der Waals surface area contributed by atoms with Crippen molar-refractivity contribution in [1.29, 1.82) is 0 Å². The van der Waals surface area contributed by atoms with Crippen molar-refractivity contribution in [2.45, 2.75) is 31.3 Å². The number of allylic oxidation sites excluding steroid dienone is 1. The SMILES string of the molecule is NC(=O)C1=C(O)[C@@]2(O)C(N=O)=C3C(=O)c4c(O)ccc(C(=O)Cc5ccccn5)c4C[C@H]3C[C@H]2CC1=O. The minimum absolute atomic E-state index is 0.0288.